The van der Waals surface area contributed by atoms with Gasteiger partial charge in [-0.25, -0.2) is 9.97 Å². The summed E-state index contributed by atoms with van der Waals surface area (Å²) < 4.78 is 0. The molecule has 0 bridgehead atoms. The number of hydrogen-bond acceptors (Lipinski definition) is 5. The Balaban J connectivity index is 1.68. The molecule has 1 amide bonds. The summed E-state index contributed by atoms with van der Waals surface area (Å²) in [5.41, 5.74) is 4.29. The molecule has 0 spiro atoms. The van der Waals surface area contributed by atoms with Gasteiger partial charge in [-0.15, -0.1) is 11.3 Å². The van der Waals surface area contributed by atoms with E-state index >= 15 is 0 Å². The lowest BCUT2D eigenvalue weighted by Gasteiger charge is -2.18. The molecule has 0 aliphatic rings. The van der Waals surface area contributed by atoms with Crippen LogP contribution in [0.3, 0.4) is 0 Å². The summed E-state index contributed by atoms with van der Waals surface area (Å²) in [6.07, 6.45) is 0. The van der Waals surface area contributed by atoms with Crippen LogP contribution < -0.4 is 5.32 Å². The van der Waals surface area contributed by atoms with Crippen molar-refractivity contribution in [1.82, 2.24) is 20.2 Å². The van der Waals surface area contributed by atoms with E-state index in [2.05, 4.69) is 58.3 Å². The number of nitrogens with zero attached hydrogens (tertiary/aromatic N) is 3. The highest BCUT2D eigenvalue weighted by Crippen LogP contribution is 2.31. The highest BCUT2D eigenvalue weighted by atomic mass is 32.1. The van der Waals surface area contributed by atoms with Gasteiger partial charge in [-0.3, -0.25) is 9.69 Å². The molecule has 0 aliphatic heterocycles. The Kier molecular flexibility index (Phi) is 6.42. The van der Waals surface area contributed by atoms with Crippen molar-refractivity contribution in [2.75, 3.05) is 13.1 Å². The maximum absolute atomic E-state index is 12.7. The summed E-state index contributed by atoms with van der Waals surface area (Å²) in [5, 5.41) is 4.05. The smallest absolute Gasteiger partial charge is 0.261 e. The Morgan fingerprint density at radius 2 is 1.68 bits per heavy atom. The van der Waals surface area contributed by atoms with Crippen LogP contribution in [-0.4, -0.2) is 33.9 Å². The van der Waals surface area contributed by atoms with Crippen LogP contribution in [0.25, 0.3) is 10.2 Å². The molecule has 0 saturated heterocycles. The maximum atomic E-state index is 12.7. The Morgan fingerprint density at radius 3 is 2.32 bits per heavy atom. The number of benzene rings is 1. The molecular weight excluding hydrogens is 368 g/mol. The Hall–Kier alpha value is -2.31. The molecule has 5 nitrogen and oxygen atoms in total. The molecule has 3 rings (SSSR count). The highest BCUT2D eigenvalue weighted by Gasteiger charge is 2.18. The van der Waals surface area contributed by atoms with Gasteiger partial charge in [-0.05, 0) is 50.6 Å². The summed E-state index contributed by atoms with van der Waals surface area (Å²) in [7, 11) is 0. The van der Waals surface area contributed by atoms with E-state index in [1.54, 1.807) is 0 Å². The van der Waals surface area contributed by atoms with Crippen LogP contribution in [0.5, 0.6) is 0 Å². The standard InChI is InChI=1S/C22H28N4OS/c1-6-26(7-2)13-18-10-8-17(9-11-18)12-23-21(27)20-14(3)19-15(4)24-16(5)25-22(19)28-20/h8-11H,6-7,12-13H2,1-5H3,(H,23,27). The van der Waals surface area contributed by atoms with Crippen LogP contribution in [0, 0.1) is 20.8 Å². The SMILES string of the molecule is CCN(CC)Cc1ccc(CNC(=O)c2sc3nc(C)nc(C)c3c2C)cc1. The van der Waals surface area contributed by atoms with E-state index in [-0.39, 0.29) is 5.91 Å². The number of carbonyl (C=O) groups excluding carboxylic acids is 1. The molecule has 0 aliphatic carbocycles. The van der Waals surface area contributed by atoms with Crippen LogP contribution in [0.4, 0.5) is 0 Å². The van der Waals surface area contributed by atoms with Gasteiger partial charge in [0.15, 0.2) is 0 Å². The quantitative estimate of drug-likeness (QED) is 0.643. The predicted octanol–water partition coefficient (Wildman–Crippen LogP) is 4.39. The van der Waals surface area contributed by atoms with E-state index in [9.17, 15) is 4.79 Å². The largest absolute Gasteiger partial charge is 0.347 e. The molecule has 0 radical (unpaired) electrons. The molecule has 6 heteroatoms. The second-order valence-electron chi connectivity index (χ2n) is 7.05. The molecule has 148 valence electrons. The average molecular weight is 397 g/mol. The topological polar surface area (TPSA) is 58.1 Å². The first-order valence-electron chi connectivity index (χ1n) is 9.75. The minimum atomic E-state index is -0.0511. The van der Waals surface area contributed by atoms with Crippen molar-refractivity contribution in [3.63, 3.8) is 0 Å². The fourth-order valence-electron chi connectivity index (χ4n) is 3.42. The number of hydrogen-bond donors (Lipinski definition) is 1. The average Bonchev–Trinajstić information content (AvgIpc) is 3.01. The third-order valence-corrected chi connectivity index (χ3v) is 6.25. The summed E-state index contributed by atoms with van der Waals surface area (Å²) >= 11 is 1.44. The highest BCUT2D eigenvalue weighted by molar-refractivity contribution is 7.20. The first-order chi connectivity index (χ1) is 13.4. The number of thiophene rings is 1. The van der Waals surface area contributed by atoms with Crippen LogP contribution in [-0.2, 0) is 13.1 Å². The number of fused-ring (bicyclic) bond motifs is 1. The van der Waals surface area contributed by atoms with Crippen molar-refractivity contribution >= 4 is 27.5 Å². The molecule has 0 fully saturated rings. The van der Waals surface area contributed by atoms with Crippen molar-refractivity contribution in [2.45, 2.75) is 47.7 Å². The predicted molar refractivity (Wildman–Crippen MR) is 116 cm³/mol. The van der Waals surface area contributed by atoms with Crippen LogP contribution in [0.1, 0.15) is 51.7 Å². The van der Waals surface area contributed by atoms with Gasteiger partial charge in [0.1, 0.15) is 10.7 Å². The second kappa shape index (κ2) is 8.80. The molecule has 1 N–H and O–H groups in total. The molecule has 28 heavy (non-hydrogen) atoms. The van der Waals surface area contributed by atoms with Gasteiger partial charge in [-0.2, -0.15) is 0 Å². The number of nitrogens with one attached hydrogen (secondary N) is 1. The van der Waals surface area contributed by atoms with Crippen molar-refractivity contribution in [3.05, 3.63) is 57.4 Å². The van der Waals surface area contributed by atoms with Gasteiger partial charge in [0.2, 0.25) is 0 Å². The molecule has 0 unspecified atom stereocenters. The fourth-order valence-corrected chi connectivity index (χ4v) is 4.61. The van der Waals surface area contributed by atoms with Crippen molar-refractivity contribution in [2.24, 2.45) is 0 Å². The second-order valence-corrected chi connectivity index (χ2v) is 8.05. The van der Waals surface area contributed by atoms with Crippen molar-refractivity contribution in [3.8, 4) is 0 Å². The molecular formula is C22H28N4OS. The zero-order chi connectivity index (χ0) is 20.3. The third-order valence-electron chi connectivity index (χ3n) is 5.07. The minimum Gasteiger partial charge on any atom is -0.347 e. The first-order valence-corrected chi connectivity index (χ1v) is 10.6. The zero-order valence-corrected chi connectivity index (χ0v) is 18.1. The van der Waals surface area contributed by atoms with Gasteiger partial charge in [0, 0.05) is 24.2 Å². The van der Waals surface area contributed by atoms with E-state index in [4.69, 9.17) is 0 Å². The summed E-state index contributed by atoms with van der Waals surface area (Å²) in [6.45, 7) is 13.8. The van der Waals surface area contributed by atoms with Crippen molar-refractivity contribution in [1.29, 1.82) is 0 Å². The van der Waals surface area contributed by atoms with Crippen LogP contribution in [0.2, 0.25) is 0 Å². The molecule has 0 atom stereocenters. The zero-order valence-electron chi connectivity index (χ0n) is 17.3. The Morgan fingerprint density at radius 1 is 1.04 bits per heavy atom. The summed E-state index contributed by atoms with van der Waals surface area (Å²) in [5.74, 6) is 0.688. The lowest BCUT2D eigenvalue weighted by atomic mass is 10.1. The molecule has 2 aromatic heterocycles. The van der Waals surface area contributed by atoms with E-state index in [1.165, 1.54) is 16.9 Å². The van der Waals surface area contributed by atoms with E-state index in [0.717, 1.165) is 57.4 Å². The van der Waals surface area contributed by atoms with E-state index in [1.807, 2.05) is 20.8 Å². The number of rotatable bonds is 7. The van der Waals surface area contributed by atoms with Gasteiger partial charge < -0.3 is 5.32 Å². The fraction of sp³-hybridized carbons (Fsp3) is 0.409. The van der Waals surface area contributed by atoms with Crippen molar-refractivity contribution < 1.29 is 4.79 Å². The van der Waals surface area contributed by atoms with E-state index < -0.39 is 0 Å². The van der Waals surface area contributed by atoms with Crippen LogP contribution in [0.15, 0.2) is 24.3 Å². The molecule has 0 saturated carbocycles. The normalized spacial score (nSPS) is 11.4. The number of aromatic nitrogens is 2. The summed E-state index contributed by atoms with van der Waals surface area (Å²) in [4.78, 5) is 25.6. The lowest BCUT2D eigenvalue weighted by Crippen LogP contribution is -2.23. The number of aryl methyl sites for hydroxylation is 3. The number of carbonyl (C=O) groups is 1. The summed E-state index contributed by atoms with van der Waals surface area (Å²) in [6, 6.07) is 8.48. The third kappa shape index (κ3) is 4.39. The molecule has 1 aromatic carbocycles. The van der Waals surface area contributed by atoms with Gasteiger partial charge in [-0.1, -0.05) is 38.1 Å². The number of amides is 1. The van der Waals surface area contributed by atoms with Gasteiger partial charge in [0.25, 0.3) is 5.91 Å². The first kappa shape index (κ1) is 20.4. The van der Waals surface area contributed by atoms with Crippen LogP contribution >= 0.6 is 11.3 Å². The Bertz CT molecular complexity index is 974. The molecule has 3 aromatic rings. The Labute approximate surface area is 170 Å². The molecule has 2 heterocycles. The lowest BCUT2D eigenvalue weighted by molar-refractivity contribution is 0.0954. The van der Waals surface area contributed by atoms with E-state index in [0.29, 0.717) is 6.54 Å². The van der Waals surface area contributed by atoms with Gasteiger partial charge >= 0.3 is 0 Å². The maximum Gasteiger partial charge on any atom is 0.261 e. The minimum absolute atomic E-state index is 0.0511. The van der Waals surface area contributed by atoms with Gasteiger partial charge in [0.05, 0.1) is 4.88 Å². The monoisotopic (exact) mass is 396 g/mol.